The second-order valence-electron chi connectivity index (χ2n) is 6.99. The Morgan fingerprint density at radius 3 is 2.39 bits per heavy atom. The Morgan fingerprint density at radius 2 is 1.75 bits per heavy atom. The number of hydrogen-bond acceptors (Lipinski definition) is 4. The minimum Gasteiger partial charge on any atom is -0.497 e. The number of hydrogen-bond donors (Lipinski definition) is 1. The fraction of sp³-hybridized carbons (Fsp3) is 0.364. The fourth-order valence-electron chi connectivity index (χ4n) is 3.36. The molecule has 1 aliphatic heterocycles. The lowest BCUT2D eigenvalue weighted by molar-refractivity contribution is -0.114. The summed E-state index contributed by atoms with van der Waals surface area (Å²) >= 11 is 0. The van der Waals surface area contributed by atoms with Gasteiger partial charge in [-0.05, 0) is 42.3 Å². The predicted octanol–water partition coefficient (Wildman–Crippen LogP) is 2.65. The van der Waals surface area contributed by atoms with E-state index in [0.717, 1.165) is 44.8 Å². The topological polar surface area (TPSA) is 61.9 Å². The van der Waals surface area contributed by atoms with E-state index in [-0.39, 0.29) is 11.8 Å². The highest BCUT2D eigenvalue weighted by Gasteiger charge is 2.22. The SMILES string of the molecule is COc1cccc(C(=O)N2CCN(CCc3ccc(NC(C)=O)cc3)CC2)c1. The van der Waals surface area contributed by atoms with Crippen LogP contribution < -0.4 is 10.1 Å². The average molecular weight is 381 g/mol. The number of carbonyl (C=O) groups is 2. The molecule has 2 amide bonds. The molecule has 2 aromatic rings. The third-order valence-corrected chi connectivity index (χ3v) is 4.97. The molecule has 0 unspecified atom stereocenters. The van der Waals surface area contributed by atoms with Crippen LogP contribution in [0.15, 0.2) is 48.5 Å². The van der Waals surface area contributed by atoms with Crippen LogP contribution in [-0.2, 0) is 11.2 Å². The van der Waals surface area contributed by atoms with E-state index in [1.165, 1.54) is 12.5 Å². The number of ether oxygens (including phenoxy) is 1. The summed E-state index contributed by atoms with van der Waals surface area (Å²) in [5.74, 6) is 0.704. The normalized spacial score (nSPS) is 14.6. The molecule has 2 aromatic carbocycles. The van der Waals surface area contributed by atoms with E-state index >= 15 is 0 Å². The van der Waals surface area contributed by atoms with Gasteiger partial charge >= 0.3 is 0 Å². The molecule has 0 saturated carbocycles. The van der Waals surface area contributed by atoms with E-state index in [9.17, 15) is 9.59 Å². The lowest BCUT2D eigenvalue weighted by atomic mass is 10.1. The number of nitrogens with one attached hydrogen (secondary N) is 1. The Morgan fingerprint density at radius 1 is 1.04 bits per heavy atom. The van der Waals surface area contributed by atoms with Crippen molar-refractivity contribution >= 4 is 17.5 Å². The summed E-state index contributed by atoms with van der Waals surface area (Å²) in [5, 5.41) is 2.78. The molecule has 0 aliphatic carbocycles. The molecular weight excluding hydrogens is 354 g/mol. The van der Waals surface area contributed by atoms with Crippen LogP contribution in [0.25, 0.3) is 0 Å². The van der Waals surface area contributed by atoms with Gasteiger partial charge in [0.05, 0.1) is 7.11 Å². The average Bonchev–Trinajstić information content (AvgIpc) is 2.73. The van der Waals surface area contributed by atoms with E-state index < -0.39 is 0 Å². The third kappa shape index (κ3) is 5.33. The van der Waals surface area contributed by atoms with Gasteiger partial charge in [0.15, 0.2) is 0 Å². The Labute approximate surface area is 166 Å². The number of amides is 2. The third-order valence-electron chi connectivity index (χ3n) is 4.97. The van der Waals surface area contributed by atoms with Gasteiger partial charge in [0.25, 0.3) is 5.91 Å². The van der Waals surface area contributed by atoms with Crippen LogP contribution in [0.4, 0.5) is 5.69 Å². The molecule has 0 spiro atoms. The molecule has 0 bridgehead atoms. The first-order chi connectivity index (χ1) is 13.5. The lowest BCUT2D eigenvalue weighted by Crippen LogP contribution is -2.49. The zero-order chi connectivity index (χ0) is 19.9. The quantitative estimate of drug-likeness (QED) is 0.836. The van der Waals surface area contributed by atoms with Gasteiger partial charge < -0.3 is 15.0 Å². The Hall–Kier alpha value is -2.86. The summed E-state index contributed by atoms with van der Waals surface area (Å²) in [5.41, 5.74) is 2.73. The van der Waals surface area contributed by atoms with Crippen molar-refractivity contribution in [1.82, 2.24) is 9.80 Å². The molecule has 3 rings (SSSR count). The van der Waals surface area contributed by atoms with Crippen molar-refractivity contribution in [3.8, 4) is 5.75 Å². The Kier molecular flexibility index (Phi) is 6.66. The summed E-state index contributed by atoms with van der Waals surface area (Å²) < 4.78 is 5.21. The Bertz CT molecular complexity index is 812. The van der Waals surface area contributed by atoms with Crippen LogP contribution in [0, 0.1) is 0 Å². The van der Waals surface area contributed by atoms with Crippen molar-refractivity contribution in [2.24, 2.45) is 0 Å². The van der Waals surface area contributed by atoms with E-state index in [1.54, 1.807) is 13.2 Å². The van der Waals surface area contributed by atoms with Crippen LogP contribution >= 0.6 is 0 Å². The molecule has 0 atom stereocenters. The van der Waals surface area contributed by atoms with Crippen LogP contribution in [0.1, 0.15) is 22.8 Å². The molecule has 1 N–H and O–H groups in total. The smallest absolute Gasteiger partial charge is 0.254 e. The molecule has 6 heteroatoms. The van der Waals surface area contributed by atoms with Gasteiger partial charge in [-0.2, -0.15) is 0 Å². The van der Waals surface area contributed by atoms with Gasteiger partial charge in [0.1, 0.15) is 5.75 Å². The molecule has 0 radical (unpaired) electrons. The van der Waals surface area contributed by atoms with Crippen LogP contribution in [0.3, 0.4) is 0 Å². The van der Waals surface area contributed by atoms with Crippen molar-refractivity contribution in [1.29, 1.82) is 0 Å². The molecular formula is C22H27N3O3. The fourth-order valence-corrected chi connectivity index (χ4v) is 3.36. The number of anilines is 1. The minimum atomic E-state index is -0.0610. The standard InChI is InChI=1S/C22H27N3O3/c1-17(26)23-20-8-6-18(7-9-20)10-11-24-12-14-25(15-13-24)22(27)19-4-3-5-21(16-19)28-2/h3-9,16H,10-15H2,1-2H3,(H,23,26). The lowest BCUT2D eigenvalue weighted by Gasteiger charge is -2.34. The maximum atomic E-state index is 12.7. The largest absolute Gasteiger partial charge is 0.497 e. The number of rotatable bonds is 6. The summed E-state index contributed by atoms with van der Waals surface area (Å²) in [6.07, 6.45) is 0.949. The predicted molar refractivity (Wildman–Crippen MR) is 110 cm³/mol. The van der Waals surface area contributed by atoms with Gasteiger partial charge in [0.2, 0.25) is 5.91 Å². The molecule has 6 nitrogen and oxygen atoms in total. The van der Waals surface area contributed by atoms with Crippen molar-refractivity contribution in [2.45, 2.75) is 13.3 Å². The molecule has 1 fully saturated rings. The number of carbonyl (C=O) groups excluding carboxylic acids is 2. The van der Waals surface area contributed by atoms with Crippen molar-refractivity contribution in [3.63, 3.8) is 0 Å². The number of piperazine rings is 1. The zero-order valence-corrected chi connectivity index (χ0v) is 16.5. The molecule has 0 aromatic heterocycles. The van der Waals surface area contributed by atoms with E-state index in [4.69, 9.17) is 4.74 Å². The molecule has 1 heterocycles. The Balaban J connectivity index is 1.46. The van der Waals surface area contributed by atoms with E-state index in [2.05, 4.69) is 10.2 Å². The van der Waals surface area contributed by atoms with Gasteiger partial charge in [-0.1, -0.05) is 18.2 Å². The van der Waals surface area contributed by atoms with E-state index in [1.807, 2.05) is 47.4 Å². The first kappa shape index (κ1) is 19.9. The molecule has 1 aliphatic rings. The second kappa shape index (κ2) is 9.37. The highest BCUT2D eigenvalue weighted by molar-refractivity contribution is 5.94. The monoisotopic (exact) mass is 381 g/mol. The van der Waals surface area contributed by atoms with Gasteiger partial charge in [-0.3, -0.25) is 14.5 Å². The summed E-state index contributed by atoms with van der Waals surface area (Å²) in [6, 6.07) is 15.3. The highest BCUT2D eigenvalue weighted by Crippen LogP contribution is 2.16. The van der Waals surface area contributed by atoms with Gasteiger partial charge in [-0.25, -0.2) is 0 Å². The van der Waals surface area contributed by atoms with E-state index in [0.29, 0.717) is 11.3 Å². The second-order valence-corrected chi connectivity index (χ2v) is 6.99. The minimum absolute atomic E-state index is 0.0610. The van der Waals surface area contributed by atoms with Crippen molar-refractivity contribution in [3.05, 3.63) is 59.7 Å². The van der Waals surface area contributed by atoms with Crippen LogP contribution in [-0.4, -0.2) is 61.4 Å². The number of nitrogens with zero attached hydrogens (tertiary/aromatic N) is 2. The van der Waals surface area contributed by atoms with Gasteiger partial charge in [-0.15, -0.1) is 0 Å². The van der Waals surface area contributed by atoms with Crippen LogP contribution in [0.5, 0.6) is 5.75 Å². The zero-order valence-electron chi connectivity index (χ0n) is 16.5. The first-order valence-electron chi connectivity index (χ1n) is 9.57. The molecule has 28 heavy (non-hydrogen) atoms. The number of methoxy groups -OCH3 is 1. The summed E-state index contributed by atoms with van der Waals surface area (Å²) in [7, 11) is 1.61. The summed E-state index contributed by atoms with van der Waals surface area (Å²) in [4.78, 5) is 28.1. The van der Waals surface area contributed by atoms with Crippen molar-refractivity contribution < 1.29 is 14.3 Å². The maximum absolute atomic E-state index is 12.7. The first-order valence-corrected chi connectivity index (χ1v) is 9.57. The summed E-state index contributed by atoms with van der Waals surface area (Å²) in [6.45, 7) is 5.68. The molecule has 148 valence electrons. The van der Waals surface area contributed by atoms with Crippen LogP contribution in [0.2, 0.25) is 0 Å². The molecule has 1 saturated heterocycles. The number of benzene rings is 2. The van der Waals surface area contributed by atoms with Gasteiger partial charge in [0, 0.05) is 50.9 Å². The highest BCUT2D eigenvalue weighted by atomic mass is 16.5. The maximum Gasteiger partial charge on any atom is 0.254 e. The van der Waals surface area contributed by atoms with Crippen molar-refractivity contribution in [2.75, 3.05) is 45.2 Å².